The van der Waals surface area contributed by atoms with Crippen LogP contribution >= 0.6 is 12.2 Å². The predicted octanol–water partition coefficient (Wildman–Crippen LogP) is 0.417. The number of hydrogen-bond donors (Lipinski definition) is 2. The molecule has 0 saturated carbocycles. The zero-order chi connectivity index (χ0) is 10.7. The standard InChI is InChI=1S/C10H18N2O2S/c1-13-5-4-11-10(15)12-8-6-7-2-3-9(8)14-7/h7-9H,2-6H2,1H3,(H2,11,12,15). The first-order valence-electron chi connectivity index (χ1n) is 5.48. The summed E-state index contributed by atoms with van der Waals surface area (Å²) in [5, 5.41) is 7.13. The van der Waals surface area contributed by atoms with Crippen LogP contribution in [-0.4, -0.2) is 43.6 Å². The molecule has 2 aliphatic rings. The molecule has 0 aliphatic carbocycles. The highest BCUT2D eigenvalue weighted by Crippen LogP contribution is 2.34. The molecule has 2 saturated heterocycles. The maximum atomic E-state index is 5.74. The summed E-state index contributed by atoms with van der Waals surface area (Å²) in [6.07, 6.45) is 4.32. The Morgan fingerprint density at radius 2 is 2.40 bits per heavy atom. The first-order valence-corrected chi connectivity index (χ1v) is 5.89. The Balaban J connectivity index is 1.66. The molecule has 4 nitrogen and oxygen atoms in total. The van der Waals surface area contributed by atoms with Crippen molar-refractivity contribution in [1.82, 2.24) is 10.6 Å². The first-order chi connectivity index (χ1) is 7.29. The molecule has 0 spiro atoms. The normalized spacial score (nSPS) is 33.0. The lowest BCUT2D eigenvalue weighted by Crippen LogP contribution is -2.46. The van der Waals surface area contributed by atoms with Crippen LogP contribution in [0.4, 0.5) is 0 Å². The molecule has 2 aliphatic heterocycles. The second-order valence-electron chi connectivity index (χ2n) is 4.11. The van der Waals surface area contributed by atoms with Crippen molar-refractivity contribution in [2.45, 2.75) is 37.5 Å². The molecule has 0 aromatic heterocycles. The van der Waals surface area contributed by atoms with Gasteiger partial charge in [-0.25, -0.2) is 0 Å². The van der Waals surface area contributed by atoms with Gasteiger partial charge in [-0.1, -0.05) is 0 Å². The van der Waals surface area contributed by atoms with Crippen molar-refractivity contribution in [3.8, 4) is 0 Å². The molecule has 2 bridgehead atoms. The number of nitrogens with one attached hydrogen (secondary N) is 2. The quantitative estimate of drug-likeness (QED) is 0.541. The minimum atomic E-state index is 0.372. The van der Waals surface area contributed by atoms with Gasteiger partial charge >= 0.3 is 0 Å². The number of methoxy groups -OCH3 is 1. The molecule has 0 amide bonds. The Hall–Kier alpha value is -0.390. The molecular weight excluding hydrogens is 212 g/mol. The summed E-state index contributed by atoms with van der Waals surface area (Å²) in [4.78, 5) is 0. The zero-order valence-electron chi connectivity index (χ0n) is 8.99. The van der Waals surface area contributed by atoms with E-state index >= 15 is 0 Å². The van der Waals surface area contributed by atoms with Crippen molar-refractivity contribution >= 4 is 17.3 Å². The van der Waals surface area contributed by atoms with E-state index in [9.17, 15) is 0 Å². The third kappa shape index (κ3) is 2.80. The molecule has 2 fully saturated rings. The lowest BCUT2D eigenvalue weighted by atomic mass is 9.96. The Kier molecular flexibility index (Phi) is 3.77. The van der Waals surface area contributed by atoms with Crippen LogP contribution in [0.15, 0.2) is 0 Å². The highest BCUT2D eigenvalue weighted by molar-refractivity contribution is 7.80. The van der Waals surface area contributed by atoms with Gasteiger partial charge in [0.05, 0.1) is 24.9 Å². The van der Waals surface area contributed by atoms with Gasteiger partial charge in [-0.05, 0) is 31.5 Å². The van der Waals surface area contributed by atoms with Crippen LogP contribution in [0.3, 0.4) is 0 Å². The Bertz CT molecular complexity index is 237. The van der Waals surface area contributed by atoms with Crippen molar-refractivity contribution in [3.05, 3.63) is 0 Å². The molecule has 3 unspecified atom stereocenters. The lowest BCUT2D eigenvalue weighted by Gasteiger charge is -2.21. The summed E-state index contributed by atoms with van der Waals surface area (Å²) in [7, 11) is 1.68. The third-order valence-corrected chi connectivity index (χ3v) is 3.28. The second kappa shape index (κ2) is 5.09. The van der Waals surface area contributed by atoms with E-state index in [2.05, 4.69) is 10.6 Å². The van der Waals surface area contributed by atoms with Gasteiger partial charge in [-0.3, -0.25) is 0 Å². The molecule has 2 rings (SSSR count). The monoisotopic (exact) mass is 230 g/mol. The molecule has 2 heterocycles. The molecule has 86 valence electrons. The molecule has 3 atom stereocenters. The third-order valence-electron chi connectivity index (χ3n) is 3.01. The zero-order valence-corrected chi connectivity index (χ0v) is 9.81. The van der Waals surface area contributed by atoms with E-state index in [4.69, 9.17) is 21.7 Å². The van der Waals surface area contributed by atoms with Gasteiger partial charge < -0.3 is 20.1 Å². The summed E-state index contributed by atoms with van der Waals surface area (Å²) < 4.78 is 10.7. The Morgan fingerprint density at radius 1 is 1.53 bits per heavy atom. The molecular formula is C10H18N2O2S. The van der Waals surface area contributed by atoms with Crippen LogP contribution in [0.1, 0.15) is 19.3 Å². The average Bonchev–Trinajstić information content (AvgIpc) is 2.79. The highest BCUT2D eigenvalue weighted by atomic mass is 32.1. The van der Waals surface area contributed by atoms with Crippen LogP contribution in [0.2, 0.25) is 0 Å². The molecule has 0 aromatic carbocycles. The second-order valence-corrected chi connectivity index (χ2v) is 4.52. The smallest absolute Gasteiger partial charge is 0.166 e. The van der Waals surface area contributed by atoms with E-state index in [0.29, 0.717) is 30.0 Å². The van der Waals surface area contributed by atoms with Gasteiger partial charge in [0, 0.05) is 13.7 Å². The fourth-order valence-corrected chi connectivity index (χ4v) is 2.53. The summed E-state index contributed by atoms with van der Waals surface area (Å²) in [5.41, 5.74) is 0. The highest BCUT2D eigenvalue weighted by Gasteiger charge is 2.40. The SMILES string of the molecule is COCCNC(=S)NC1CC2CCC1O2. The first kappa shape index (κ1) is 11.1. The predicted molar refractivity (Wildman–Crippen MR) is 61.9 cm³/mol. The van der Waals surface area contributed by atoms with Crippen LogP contribution < -0.4 is 10.6 Å². The number of rotatable bonds is 4. The molecule has 2 N–H and O–H groups in total. The van der Waals surface area contributed by atoms with E-state index in [1.165, 1.54) is 12.8 Å². The summed E-state index contributed by atoms with van der Waals surface area (Å²) in [6, 6.07) is 0.409. The minimum absolute atomic E-state index is 0.372. The van der Waals surface area contributed by atoms with E-state index < -0.39 is 0 Å². The van der Waals surface area contributed by atoms with E-state index in [0.717, 1.165) is 13.0 Å². The summed E-state index contributed by atoms with van der Waals surface area (Å²) >= 11 is 5.19. The van der Waals surface area contributed by atoms with Gasteiger partial charge in [0.2, 0.25) is 0 Å². The van der Waals surface area contributed by atoms with Gasteiger partial charge in [0.15, 0.2) is 5.11 Å². The molecule has 15 heavy (non-hydrogen) atoms. The summed E-state index contributed by atoms with van der Waals surface area (Å²) in [5.74, 6) is 0. The van der Waals surface area contributed by atoms with Gasteiger partial charge in [-0.15, -0.1) is 0 Å². The van der Waals surface area contributed by atoms with Crippen LogP contribution in [0, 0.1) is 0 Å². The maximum Gasteiger partial charge on any atom is 0.166 e. The van der Waals surface area contributed by atoms with Gasteiger partial charge in [0.1, 0.15) is 0 Å². The van der Waals surface area contributed by atoms with E-state index in [1.807, 2.05) is 0 Å². The lowest BCUT2D eigenvalue weighted by molar-refractivity contribution is 0.0993. The van der Waals surface area contributed by atoms with Crippen LogP contribution in [0.5, 0.6) is 0 Å². The fourth-order valence-electron chi connectivity index (χ4n) is 2.28. The Labute approximate surface area is 95.7 Å². The van der Waals surface area contributed by atoms with Crippen molar-refractivity contribution in [3.63, 3.8) is 0 Å². The van der Waals surface area contributed by atoms with Crippen LogP contribution in [-0.2, 0) is 9.47 Å². The van der Waals surface area contributed by atoms with Gasteiger partial charge in [-0.2, -0.15) is 0 Å². The number of ether oxygens (including phenoxy) is 2. The number of hydrogen-bond acceptors (Lipinski definition) is 3. The molecule has 0 radical (unpaired) electrons. The minimum Gasteiger partial charge on any atom is -0.383 e. The molecule has 5 heteroatoms. The Morgan fingerprint density at radius 3 is 3.00 bits per heavy atom. The summed E-state index contributed by atoms with van der Waals surface area (Å²) in [6.45, 7) is 1.43. The molecule has 0 aromatic rings. The van der Waals surface area contributed by atoms with Crippen molar-refractivity contribution in [1.29, 1.82) is 0 Å². The van der Waals surface area contributed by atoms with Crippen LogP contribution in [0.25, 0.3) is 0 Å². The number of fused-ring (bicyclic) bond motifs is 2. The van der Waals surface area contributed by atoms with E-state index in [-0.39, 0.29) is 0 Å². The van der Waals surface area contributed by atoms with Gasteiger partial charge in [0.25, 0.3) is 0 Å². The van der Waals surface area contributed by atoms with Crippen molar-refractivity contribution < 1.29 is 9.47 Å². The average molecular weight is 230 g/mol. The van der Waals surface area contributed by atoms with E-state index in [1.54, 1.807) is 7.11 Å². The van der Waals surface area contributed by atoms with Crippen molar-refractivity contribution in [2.24, 2.45) is 0 Å². The largest absolute Gasteiger partial charge is 0.383 e. The number of thiocarbonyl (C=S) groups is 1. The maximum absolute atomic E-state index is 5.74. The topological polar surface area (TPSA) is 42.5 Å². The fraction of sp³-hybridized carbons (Fsp3) is 0.900. The van der Waals surface area contributed by atoms with Crippen molar-refractivity contribution in [2.75, 3.05) is 20.3 Å².